The van der Waals surface area contributed by atoms with Crippen molar-refractivity contribution in [3.8, 4) is 0 Å². The standard InChI is InChI=1S/C14H28N2O3/c1-4-14(5-2,6-8-17)11-15-13(18)12-10-16(3)7-9-19-12/h12,17H,4-11H2,1-3H3,(H,15,18). The molecule has 1 heterocycles. The molecule has 19 heavy (non-hydrogen) atoms. The van der Waals surface area contributed by atoms with E-state index in [9.17, 15) is 4.79 Å². The topological polar surface area (TPSA) is 61.8 Å². The largest absolute Gasteiger partial charge is 0.396 e. The van der Waals surface area contributed by atoms with Crippen LogP contribution in [0.3, 0.4) is 0 Å². The van der Waals surface area contributed by atoms with Crippen molar-refractivity contribution in [2.45, 2.75) is 39.2 Å². The molecule has 1 saturated heterocycles. The first kappa shape index (κ1) is 16.4. The number of aliphatic hydroxyl groups is 1. The van der Waals surface area contributed by atoms with Gasteiger partial charge in [0.25, 0.3) is 0 Å². The first-order valence-corrected chi connectivity index (χ1v) is 7.25. The van der Waals surface area contributed by atoms with Crippen molar-refractivity contribution >= 4 is 5.91 Å². The maximum atomic E-state index is 12.1. The predicted molar refractivity (Wildman–Crippen MR) is 75.0 cm³/mol. The van der Waals surface area contributed by atoms with Gasteiger partial charge in [0.15, 0.2) is 0 Å². The monoisotopic (exact) mass is 272 g/mol. The fraction of sp³-hybridized carbons (Fsp3) is 0.929. The van der Waals surface area contributed by atoms with Gasteiger partial charge in [0.1, 0.15) is 6.10 Å². The van der Waals surface area contributed by atoms with Crippen molar-refractivity contribution < 1.29 is 14.6 Å². The number of carbonyl (C=O) groups is 1. The summed E-state index contributed by atoms with van der Waals surface area (Å²) in [6.07, 6.45) is 2.27. The molecule has 1 unspecified atom stereocenters. The van der Waals surface area contributed by atoms with E-state index in [2.05, 4.69) is 24.1 Å². The van der Waals surface area contributed by atoms with E-state index in [-0.39, 0.29) is 24.0 Å². The summed E-state index contributed by atoms with van der Waals surface area (Å²) in [7, 11) is 2.00. The first-order valence-electron chi connectivity index (χ1n) is 7.25. The third-order valence-electron chi connectivity index (χ3n) is 4.34. The second kappa shape index (κ2) is 7.82. The van der Waals surface area contributed by atoms with Crippen molar-refractivity contribution in [2.75, 3.05) is 39.9 Å². The van der Waals surface area contributed by atoms with E-state index >= 15 is 0 Å². The maximum absolute atomic E-state index is 12.1. The lowest BCUT2D eigenvalue weighted by molar-refractivity contribution is -0.138. The normalized spacial score (nSPS) is 21.4. The molecule has 1 atom stereocenters. The smallest absolute Gasteiger partial charge is 0.250 e. The zero-order valence-electron chi connectivity index (χ0n) is 12.4. The number of rotatable bonds is 7. The van der Waals surface area contributed by atoms with Crippen molar-refractivity contribution in [3.05, 3.63) is 0 Å². The Morgan fingerprint density at radius 1 is 1.47 bits per heavy atom. The predicted octanol–water partition coefficient (Wildman–Crippen LogP) is 0.622. The molecule has 1 amide bonds. The van der Waals surface area contributed by atoms with E-state index in [1.165, 1.54) is 0 Å². The summed E-state index contributed by atoms with van der Waals surface area (Å²) in [6.45, 7) is 7.13. The van der Waals surface area contributed by atoms with Crippen molar-refractivity contribution in [3.63, 3.8) is 0 Å². The Bertz CT molecular complexity index is 280. The van der Waals surface area contributed by atoms with E-state index in [0.717, 1.165) is 25.8 Å². The van der Waals surface area contributed by atoms with Gasteiger partial charge in [-0.2, -0.15) is 0 Å². The zero-order chi connectivity index (χ0) is 14.3. The highest BCUT2D eigenvalue weighted by Crippen LogP contribution is 2.29. The van der Waals surface area contributed by atoms with Crippen LogP contribution in [0.15, 0.2) is 0 Å². The van der Waals surface area contributed by atoms with Gasteiger partial charge in [0.05, 0.1) is 6.61 Å². The van der Waals surface area contributed by atoms with Crippen molar-refractivity contribution in [1.82, 2.24) is 10.2 Å². The minimum atomic E-state index is -0.362. The molecule has 0 aromatic carbocycles. The Kier molecular flexibility index (Phi) is 6.75. The fourth-order valence-corrected chi connectivity index (χ4v) is 2.50. The summed E-state index contributed by atoms with van der Waals surface area (Å²) in [5, 5.41) is 12.2. The Hall–Kier alpha value is -0.650. The quantitative estimate of drug-likeness (QED) is 0.713. The van der Waals surface area contributed by atoms with Gasteiger partial charge in [0, 0.05) is 26.2 Å². The van der Waals surface area contributed by atoms with Gasteiger partial charge in [-0.3, -0.25) is 4.79 Å². The summed E-state index contributed by atoms with van der Waals surface area (Å²) in [6, 6.07) is 0. The minimum Gasteiger partial charge on any atom is -0.396 e. The lowest BCUT2D eigenvalue weighted by atomic mass is 9.79. The van der Waals surface area contributed by atoms with Crippen LogP contribution in [0.2, 0.25) is 0 Å². The summed E-state index contributed by atoms with van der Waals surface area (Å²) in [5.74, 6) is -0.0317. The molecular weight excluding hydrogens is 244 g/mol. The van der Waals surface area contributed by atoms with Crippen LogP contribution >= 0.6 is 0 Å². The van der Waals surface area contributed by atoms with Crippen LogP contribution in [0, 0.1) is 5.41 Å². The molecule has 0 aliphatic carbocycles. The lowest BCUT2D eigenvalue weighted by Gasteiger charge is -2.33. The summed E-state index contributed by atoms with van der Waals surface area (Å²) in [4.78, 5) is 14.2. The van der Waals surface area contributed by atoms with Gasteiger partial charge in [-0.15, -0.1) is 0 Å². The number of nitrogens with zero attached hydrogens (tertiary/aromatic N) is 1. The van der Waals surface area contributed by atoms with Crippen LogP contribution in [0.1, 0.15) is 33.1 Å². The third kappa shape index (κ3) is 4.75. The number of hydrogen-bond acceptors (Lipinski definition) is 4. The van der Waals surface area contributed by atoms with Gasteiger partial charge >= 0.3 is 0 Å². The van der Waals surface area contributed by atoms with Crippen LogP contribution in [-0.2, 0) is 9.53 Å². The van der Waals surface area contributed by atoms with Gasteiger partial charge in [0.2, 0.25) is 5.91 Å². The fourth-order valence-electron chi connectivity index (χ4n) is 2.50. The molecule has 5 heteroatoms. The molecule has 0 aromatic rings. The minimum absolute atomic E-state index is 0.00494. The Morgan fingerprint density at radius 3 is 2.68 bits per heavy atom. The molecule has 0 radical (unpaired) electrons. The lowest BCUT2D eigenvalue weighted by Crippen LogP contribution is -2.50. The summed E-state index contributed by atoms with van der Waals surface area (Å²) in [5.41, 5.74) is 0.00494. The molecule has 1 rings (SSSR count). The highest BCUT2D eigenvalue weighted by molar-refractivity contribution is 5.81. The Labute approximate surface area is 116 Å². The average molecular weight is 272 g/mol. The van der Waals surface area contributed by atoms with Crippen LogP contribution in [-0.4, -0.2) is 61.9 Å². The van der Waals surface area contributed by atoms with Gasteiger partial charge < -0.3 is 20.1 Å². The van der Waals surface area contributed by atoms with E-state index in [4.69, 9.17) is 9.84 Å². The Balaban J connectivity index is 2.47. The molecule has 2 N–H and O–H groups in total. The number of amides is 1. The zero-order valence-corrected chi connectivity index (χ0v) is 12.4. The van der Waals surface area contributed by atoms with Crippen LogP contribution < -0.4 is 5.32 Å². The highest BCUT2D eigenvalue weighted by atomic mass is 16.5. The van der Waals surface area contributed by atoms with E-state index < -0.39 is 0 Å². The Morgan fingerprint density at radius 2 is 2.16 bits per heavy atom. The number of morpholine rings is 1. The number of likely N-dealkylation sites (N-methyl/N-ethyl adjacent to an activating group) is 1. The van der Waals surface area contributed by atoms with E-state index in [1.54, 1.807) is 0 Å². The first-order chi connectivity index (χ1) is 9.06. The number of ether oxygens (including phenoxy) is 1. The van der Waals surface area contributed by atoms with Crippen molar-refractivity contribution in [1.29, 1.82) is 0 Å². The van der Waals surface area contributed by atoms with Gasteiger partial charge in [-0.1, -0.05) is 13.8 Å². The number of hydrogen-bond donors (Lipinski definition) is 2. The van der Waals surface area contributed by atoms with Gasteiger partial charge in [-0.25, -0.2) is 0 Å². The van der Waals surface area contributed by atoms with E-state index in [1.807, 2.05) is 7.05 Å². The SMILES string of the molecule is CCC(CC)(CCO)CNC(=O)C1CN(C)CCO1. The average Bonchev–Trinajstić information content (AvgIpc) is 2.43. The van der Waals surface area contributed by atoms with Crippen LogP contribution in [0.5, 0.6) is 0 Å². The number of nitrogens with one attached hydrogen (secondary N) is 1. The van der Waals surface area contributed by atoms with Crippen LogP contribution in [0.25, 0.3) is 0 Å². The van der Waals surface area contributed by atoms with E-state index in [0.29, 0.717) is 19.7 Å². The molecule has 1 aliphatic rings. The molecule has 0 saturated carbocycles. The molecular formula is C14H28N2O3. The highest BCUT2D eigenvalue weighted by Gasteiger charge is 2.29. The molecule has 0 bridgehead atoms. The second-order valence-corrected chi connectivity index (χ2v) is 5.52. The maximum Gasteiger partial charge on any atom is 0.250 e. The molecule has 0 spiro atoms. The molecule has 112 valence electrons. The molecule has 0 aromatic heterocycles. The van der Waals surface area contributed by atoms with Crippen molar-refractivity contribution in [2.24, 2.45) is 5.41 Å². The second-order valence-electron chi connectivity index (χ2n) is 5.52. The molecule has 1 aliphatic heterocycles. The summed E-state index contributed by atoms with van der Waals surface area (Å²) >= 11 is 0. The molecule has 5 nitrogen and oxygen atoms in total. The number of aliphatic hydroxyl groups excluding tert-OH is 1. The molecule has 1 fully saturated rings. The summed E-state index contributed by atoms with van der Waals surface area (Å²) < 4.78 is 5.50. The van der Waals surface area contributed by atoms with Crippen LogP contribution in [0.4, 0.5) is 0 Å². The van der Waals surface area contributed by atoms with Gasteiger partial charge in [-0.05, 0) is 31.7 Å². The third-order valence-corrected chi connectivity index (χ3v) is 4.34. The number of carbonyl (C=O) groups excluding carboxylic acids is 1.